The molecule has 1 amide bonds. The van der Waals surface area contributed by atoms with Crippen LogP contribution in [0.5, 0.6) is 0 Å². The molecule has 2 aromatic heterocycles. The van der Waals surface area contributed by atoms with Gasteiger partial charge in [0.1, 0.15) is 11.1 Å². The van der Waals surface area contributed by atoms with Crippen LogP contribution in [-0.4, -0.2) is 63.2 Å². The van der Waals surface area contributed by atoms with E-state index in [1.807, 2.05) is 48.2 Å². The van der Waals surface area contributed by atoms with E-state index in [1.54, 1.807) is 10.9 Å². The molecule has 0 spiro atoms. The summed E-state index contributed by atoms with van der Waals surface area (Å²) < 4.78 is 9.70. The molecular weight excluding hydrogens is 332 g/mol. The fourth-order valence-corrected chi connectivity index (χ4v) is 4.11. The Kier molecular flexibility index (Phi) is 4.32. The Balaban J connectivity index is 1.62. The number of amides is 1. The standard InChI is InChI=1S/C18H26N6O2/c1-17(15-12-21-22(2)13-15)14-23(10-11-26-17)16(25)18(4-7-19-8-5-18)24-9-3-6-20-24/h3,6,9,12-13,19H,4-5,7-8,10-11,14H2,1-2H3. The van der Waals surface area contributed by atoms with Crippen LogP contribution in [0.2, 0.25) is 0 Å². The number of morpholine rings is 1. The van der Waals surface area contributed by atoms with Gasteiger partial charge in [0.25, 0.3) is 5.91 Å². The van der Waals surface area contributed by atoms with Crippen molar-refractivity contribution in [2.24, 2.45) is 7.05 Å². The van der Waals surface area contributed by atoms with Crippen molar-refractivity contribution in [3.05, 3.63) is 36.4 Å². The van der Waals surface area contributed by atoms with Crippen LogP contribution >= 0.6 is 0 Å². The highest BCUT2D eigenvalue weighted by Gasteiger charge is 2.47. The molecule has 26 heavy (non-hydrogen) atoms. The average Bonchev–Trinajstić information content (AvgIpc) is 3.34. The average molecular weight is 358 g/mol. The predicted octanol–water partition coefficient (Wildman–Crippen LogP) is 0.470. The summed E-state index contributed by atoms with van der Waals surface area (Å²) in [5.41, 5.74) is -0.154. The second-order valence-corrected chi connectivity index (χ2v) is 7.44. The third kappa shape index (κ3) is 2.83. The van der Waals surface area contributed by atoms with Crippen molar-refractivity contribution in [3.63, 3.8) is 0 Å². The molecule has 1 N–H and O–H groups in total. The topological polar surface area (TPSA) is 77.2 Å². The molecule has 2 aliphatic heterocycles. The van der Waals surface area contributed by atoms with Crippen LogP contribution in [0, 0.1) is 0 Å². The van der Waals surface area contributed by atoms with E-state index in [0.717, 1.165) is 31.5 Å². The second-order valence-electron chi connectivity index (χ2n) is 7.44. The Morgan fingerprint density at radius 3 is 2.77 bits per heavy atom. The maximum absolute atomic E-state index is 13.7. The van der Waals surface area contributed by atoms with Crippen LogP contribution in [0.1, 0.15) is 25.3 Å². The smallest absolute Gasteiger partial charge is 0.250 e. The number of aromatic nitrogens is 4. The third-order valence-electron chi connectivity index (χ3n) is 5.65. The number of carbonyl (C=O) groups excluding carboxylic acids is 1. The summed E-state index contributed by atoms with van der Waals surface area (Å²) in [4.78, 5) is 15.6. The number of hydrogen-bond acceptors (Lipinski definition) is 5. The van der Waals surface area contributed by atoms with Crippen molar-refractivity contribution in [2.45, 2.75) is 30.9 Å². The van der Waals surface area contributed by atoms with Crippen LogP contribution in [-0.2, 0) is 27.7 Å². The van der Waals surface area contributed by atoms with Crippen molar-refractivity contribution in [3.8, 4) is 0 Å². The molecule has 1 unspecified atom stereocenters. The van der Waals surface area contributed by atoms with Crippen LogP contribution in [0.15, 0.2) is 30.9 Å². The zero-order valence-corrected chi connectivity index (χ0v) is 15.4. The van der Waals surface area contributed by atoms with Gasteiger partial charge in [0, 0.05) is 37.7 Å². The maximum Gasteiger partial charge on any atom is 0.250 e. The van der Waals surface area contributed by atoms with E-state index in [4.69, 9.17) is 4.74 Å². The Bertz CT molecular complexity index is 765. The van der Waals surface area contributed by atoms with Gasteiger partial charge in [0.05, 0.1) is 19.3 Å². The van der Waals surface area contributed by atoms with Gasteiger partial charge in [-0.3, -0.25) is 14.2 Å². The maximum atomic E-state index is 13.7. The van der Waals surface area contributed by atoms with Crippen LogP contribution in [0.25, 0.3) is 0 Å². The lowest BCUT2D eigenvalue weighted by atomic mass is 9.85. The molecule has 0 aliphatic carbocycles. The van der Waals surface area contributed by atoms with E-state index in [-0.39, 0.29) is 5.91 Å². The molecule has 0 aromatic carbocycles. The Hall–Kier alpha value is -2.19. The zero-order chi connectivity index (χ0) is 18.2. The summed E-state index contributed by atoms with van der Waals surface area (Å²) in [6, 6.07) is 1.89. The fraction of sp³-hybridized carbons (Fsp3) is 0.611. The monoisotopic (exact) mass is 358 g/mol. The minimum Gasteiger partial charge on any atom is -0.367 e. The highest BCUT2D eigenvalue weighted by Crippen LogP contribution is 2.34. The van der Waals surface area contributed by atoms with Gasteiger partial charge in [-0.15, -0.1) is 0 Å². The molecule has 4 rings (SSSR count). The lowest BCUT2D eigenvalue weighted by Crippen LogP contribution is -2.60. The van der Waals surface area contributed by atoms with Gasteiger partial charge >= 0.3 is 0 Å². The van der Waals surface area contributed by atoms with Gasteiger partial charge in [-0.1, -0.05) is 0 Å². The van der Waals surface area contributed by atoms with Gasteiger partial charge in [-0.05, 0) is 38.9 Å². The Labute approximate surface area is 153 Å². The highest BCUT2D eigenvalue weighted by molar-refractivity contribution is 5.85. The first-order valence-electron chi connectivity index (χ1n) is 9.17. The highest BCUT2D eigenvalue weighted by atomic mass is 16.5. The second kappa shape index (κ2) is 6.51. The summed E-state index contributed by atoms with van der Waals surface area (Å²) in [5.74, 6) is 0.140. The molecule has 4 heterocycles. The van der Waals surface area contributed by atoms with Gasteiger partial charge in [-0.25, -0.2) is 0 Å². The number of ether oxygens (including phenoxy) is 1. The number of hydrogen-bond donors (Lipinski definition) is 1. The SMILES string of the molecule is Cn1cc(C2(C)CN(C(=O)C3(n4cccn4)CCNCC3)CCO2)cn1. The molecule has 2 aliphatic rings. The molecule has 0 saturated carbocycles. The Morgan fingerprint density at radius 2 is 2.12 bits per heavy atom. The summed E-state index contributed by atoms with van der Waals surface area (Å²) in [7, 11) is 1.89. The first-order chi connectivity index (χ1) is 12.5. The van der Waals surface area contributed by atoms with Gasteiger partial charge in [0.2, 0.25) is 0 Å². The number of aryl methyl sites for hydroxylation is 1. The largest absolute Gasteiger partial charge is 0.367 e. The summed E-state index contributed by atoms with van der Waals surface area (Å²) >= 11 is 0. The van der Waals surface area contributed by atoms with E-state index in [0.29, 0.717) is 19.7 Å². The number of carbonyl (C=O) groups is 1. The van der Waals surface area contributed by atoms with E-state index in [2.05, 4.69) is 15.5 Å². The van der Waals surface area contributed by atoms with Gasteiger partial charge in [-0.2, -0.15) is 10.2 Å². The molecule has 8 nitrogen and oxygen atoms in total. The van der Waals surface area contributed by atoms with E-state index < -0.39 is 11.1 Å². The third-order valence-corrected chi connectivity index (χ3v) is 5.65. The van der Waals surface area contributed by atoms with Crippen molar-refractivity contribution >= 4 is 5.91 Å². The first kappa shape index (κ1) is 17.2. The van der Waals surface area contributed by atoms with Crippen molar-refractivity contribution in [2.75, 3.05) is 32.8 Å². The zero-order valence-electron chi connectivity index (χ0n) is 15.4. The van der Waals surface area contributed by atoms with Crippen LogP contribution in [0.4, 0.5) is 0 Å². The van der Waals surface area contributed by atoms with Crippen molar-refractivity contribution < 1.29 is 9.53 Å². The normalized spacial score (nSPS) is 26.0. The molecule has 2 aromatic rings. The molecule has 8 heteroatoms. The number of nitrogens with one attached hydrogen (secondary N) is 1. The molecule has 2 saturated heterocycles. The summed E-state index contributed by atoms with van der Waals surface area (Å²) in [5, 5.41) is 12.0. The quantitative estimate of drug-likeness (QED) is 0.863. The van der Waals surface area contributed by atoms with E-state index in [1.165, 1.54) is 0 Å². The van der Waals surface area contributed by atoms with E-state index >= 15 is 0 Å². The molecular formula is C18H26N6O2. The number of rotatable bonds is 3. The number of nitrogens with zero attached hydrogens (tertiary/aromatic N) is 5. The molecule has 140 valence electrons. The lowest BCUT2D eigenvalue weighted by molar-refractivity contribution is -0.160. The predicted molar refractivity (Wildman–Crippen MR) is 95.4 cm³/mol. The van der Waals surface area contributed by atoms with Crippen molar-refractivity contribution in [1.29, 1.82) is 0 Å². The number of piperidine rings is 1. The lowest BCUT2D eigenvalue weighted by Gasteiger charge is -2.45. The fourth-order valence-electron chi connectivity index (χ4n) is 4.11. The van der Waals surface area contributed by atoms with Gasteiger partial charge in [0.15, 0.2) is 0 Å². The molecule has 0 radical (unpaired) electrons. The summed E-state index contributed by atoms with van der Waals surface area (Å²) in [6.07, 6.45) is 8.92. The van der Waals surface area contributed by atoms with Crippen molar-refractivity contribution in [1.82, 2.24) is 29.8 Å². The minimum atomic E-state index is -0.609. The van der Waals surface area contributed by atoms with Crippen LogP contribution in [0.3, 0.4) is 0 Å². The van der Waals surface area contributed by atoms with E-state index in [9.17, 15) is 4.79 Å². The first-order valence-corrected chi connectivity index (χ1v) is 9.17. The molecule has 0 bridgehead atoms. The minimum absolute atomic E-state index is 0.140. The summed E-state index contributed by atoms with van der Waals surface area (Å²) in [6.45, 7) is 5.31. The molecule has 1 atom stereocenters. The Morgan fingerprint density at radius 1 is 1.31 bits per heavy atom. The van der Waals surface area contributed by atoms with Gasteiger partial charge < -0.3 is 15.0 Å². The molecule has 2 fully saturated rings. The van der Waals surface area contributed by atoms with Crippen LogP contribution < -0.4 is 5.32 Å².